The molecule has 0 unspecified atom stereocenters. The predicted molar refractivity (Wildman–Crippen MR) is 96.8 cm³/mol. The van der Waals surface area contributed by atoms with Crippen LogP contribution in [0.2, 0.25) is 0 Å². The third kappa shape index (κ3) is 2.71. The van der Waals surface area contributed by atoms with Gasteiger partial charge >= 0.3 is 5.97 Å². The molecule has 0 N–H and O–H groups in total. The summed E-state index contributed by atoms with van der Waals surface area (Å²) in [5.41, 5.74) is 0.309. The number of sulfone groups is 1. The summed E-state index contributed by atoms with van der Waals surface area (Å²) in [6, 6.07) is 8.02. The van der Waals surface area contributed by atoms with Crippen molar-refractivity contribution in [2.45, 2.75) is 38.5 Å². The summed E-state index contributed by atoms with van der Waals surface area (Å²) in [6.45, 7) is 5.80. The first-order chi connectivity index (χ1) is 12.1. The smallest absolute Gasteiger partial charge is 0.306 e. The van der Waals surface area contributed by atoms with Gasteiger partial charge in [-0.2, -0.15) is 0 Å². The number of ether oxygens (including phenoxy) is 1. The van der Waals surface area contributed by atoms with Gasteiger partial charge in [0.1, 0.15) is 4.91 Å². The zero-order valence-electron chi connectivity index (χ0n) is 15.5. The van der Waals surface area contributed by atoms with Gasteiger partial charge < -0.3 is 4.74 Å². The number of hydrogen-bond donors (Lipinski definition) is 0. The van der Waals surface area contributed by atoms with E-state index < -0.39 is 15.8 Å². The maximum atomic E-state index is 13.3. The quantitative estimate of drug-likeness (QED) is 0.738. The maximum absolute atomic E-state index is 13.3. The summed E-state index contributed by atoms with van der Waals surface area (Å²) in [5, 5.41) is 0. The van der Waals surface area contributed by atoms with E-state index in [-0.39, 0.29) is 45.2 Å². The fourth-order valence-electron chi connectivity index (χ4n) is 4.37. The first-order valence-corrected chi connectivity index (χ1v) is 10.3. The summed E-state index contributed by atoms with van der Waals surface area (Å²) in [7, 11) is -2.62. The average molecular weight is 376 g/mol. The molecular formula is C20H24O5S. The molecule has 1 fully saturated rings. The molecule has 26 heavy (non-hydrogen) atoms. The highest BCUT2D eigenvalue weighted by molar-refractivity contribution is 7.96. The molecule has 6 heteroatoms. The second-order valence-corrected chi connectivity index (χ2v) is 9.70. The zero-order valence-corrected chi connectivity index (χ0v) is 16.3. The summed E-state index contributed by atoms with van der Waals surface area (Å²) < 4.78 is 31.2. The van der Waals surface area contributed by atoms with Gasteiger partial charge in [-0.25, -0.2) is 8.42 Å². The Morgan fingerprint density at radius 1 is 1.23 bits per heavy atom. The van der Waals surface area contributed by atoms with Crippen LogP contribution in [-0.2, 0) is 24.2 Å². The van der Waals surface area contributed by atoms with Gasteiger partial charge in [-0.3, -0.25) is 9.59 Å². The number of rotatable bonds is 5. The Morgan fingerprint density at radius 3 is 2.38 bits per heavy atom. The average Bonchev–Trinajstić information content (AvgIpc) is 2.60. The van der Waals surface area contributed by atoms with E-state index in [9.17, 15) is 18.0 Å². The van der Waals surface area contributed by atoms with Crippen LogP contribution in [0, 0.1) is 23.2 Å². The van der Waals surface area contributed by atoms with Crippen molar-refractivity contribution in [2.75, 3.05) is 7.11 Å². The fourth-order valence-corrected chi connectivity index (χ4v) is 6.18. The molecule has 0 saturated heterocycles. The number of benzene rings is 1. The number of hydrogen-bond acceptors (Lipinski definition) is 5. The molecule has 1 aromatic rings. The van der Waals surface area contributed by atoms with Gasteiger partial charge in [0, 0.05) is 5.92 Å². The van der Waals surface area contributed by atoms with Gasteiger partial charge in [0.15, 0.2) is 5.78 Å². The van der Waals surface area contributed by atoms with Crippen LogP contribution in [0.1, 0.15) is 33.6 Å². The van der Waals surface area contributed by atoms with Crippen LogP contribution in [0.15, 0.2) is 45.7 Å². The Morgan fingerprint density at radius 2 is 1.85 bits per heavy atom. The van der Waals surface area contributed by atoms with Crippen molar-refractivity contribution in [3.05, 3.63) is 40.8 Å². The van der Waals surface area contributed by atoms with Crippen LogP contribution in [0.3, 0.4) is 0 Å². The molecule has 3 aliphatic rings. The minimum Gasteiger partial charge on any atom is -0.469 e. The number of esters is 1. The van der Waals surface area contributed by atoms with Crippen molar-refractivity contribution in [3.63, 3.8) is 0 Å². The van der Waals surface area contributed by atoms with Gasteiger partial charge in [0.05, 0.1) is 18.4 Å². The van der Waals surface area contributed by atoms with Crippen molar-refractivity contribution in [2.24, 2.45) is 23.2 Å². The topological polar surface area (TPSA) is 77.5 Å². The van der Waals surface area contributed by atoms with Gasteiger partial charge in [0.25, 0.3) is 0 Å². The number of Topliss-reactive ketones (excluding diaryl/α,β-unsaturated/α-hetero) is 1. The molecule has 0 radical (unpaired) electrons. The molecule has 0 amide bonds. The Bertz CT molecular complexity index is 880. The van der Waals surface area contributed by atoms with Crippen LogP contribution in [-0.4, -0.2) is 27.3 Å². The van der Waals surface area contributed by atoms with Crippen molar-refractivity contribution < 1.29 is 22.7 Å². The lowest BCUT2D eigenvalue weighted by molar-refractivity contribution is -0.142. The second kappa shape index (κ2) is 6.34. The molecule has 3 atom stereocenters. The zero-order chi connectivity index (χ0) is 19.3. The summed E-state index contributed by atoms with van der Waals surface area (Å²) in [4.78, 5) is 24.9. The number of allylic oxidation sites excluding steroid dienone is 2. The van der Waals surface area contributed by atoms with Crippen LogP contribution < -0.4 is 0 Å². The molecular weight excluding hydrogens is 352 g/mol. The van der Waals surface area contributed by atoms with E-state index in [1.165, 1.54) is 19.2 Å². The van der Waals surface area contributed by atoms with E-state index in [4.69, 9.17) is 4.74 Å². The number of carbonyl (C=O) groups excluding carboxylic acids is 2. The molecule has 0 aromatic heterocycles. The standard InChI is InChI=1S/C20H24O5S/c1-12(10-16(21)25-4)17-14-11-15(20(14,2)3)18(22)19(17)26(23,24)13-8-6-5-7-9-13/h5-9,12,14-15H,10-11H2,1-4H3/t12-,14+,15-/m0/s1. The molecule has 4 rings (SSSR count). The Labute approximate surface area is 154 Å². The number of fused-ring (bicyclic) bond motifs is 1. The monoisotopic (exact) mass is 376 g/mol. The molecule has 1 aromatic carbocycles. The lowest BCUT2D eigenvalue weighted by atomic mass is 9.47. The van der Waals surface area contributed by atoms with Crippen molar-refractivity contribution >= 4 is 21.6 Å². The summed E-state index contributed by atoms with van der Waals surface area (Å²) in [5.74, 6) is -1.39. The first-order valence-electron chi connectivity index (χ1n) is 8.77. The van der Waals surface area contributed by atoms with E-state index in [2.05, 4.69) is 0 Å². The van der Waals surface area contributed by atoms with Crippen molar-refractivity contribution in [3.8, 4) is 0 Å². The van der Waals surface area contributed by atoms with Crippen LogP contribution in [0.4, 0.5) is 0 Å². The Kier molecular flexibility index (Phi) is 4.59. The molecule has 3 aliphatic carbocycles. The van der Waals surface area contributed by atoms with E-state index in [0.717, 1.165) is 0 Å². The highest BCUT2D eigenvalue weighted by Crippen LogP contribution is 2.62. The van der Waals surface area contributed by atoms with Crippen LogP contribution in [0.5, 0.6) is 0 Å². The van der Waals surface area contributed by atoms with E-state index in [1.807, 2.05) is 13.8 Å². The fraction of sp³-hybridized carbons (Fsp3) is 0.500. The minimum absolute atomic E-state index is 0.0154. The number of ketones is 1. The van der Waals surface area contributed by atoms with Crippen molar-refractivity contribution in [1.29, 1.82) is 0 Å². The molecule has 0 heterocycles. The minimum atomic E-state index is -3.92. The van der Waals surface area contributed by atoms with E-state index >= 15 is 0 Å². The number of carbonyl (C=O) groups is 2. The van der Waals surface area contributed by atoms with Gasteiger partial charge in [-0.15, -0.1) is 0 Å². The highest BCUT2D eigenvalue weighted by atomic mass is 32.2. The second-order valence-electron chi connectivity index (χ2n) is 7.81. The molecule has 1 saturated carbocycles. The van der Waals surface area contributed by atoms with Gasteiger partial charge in [-0.05, 0) is 41.4 Å². The van der Waals surface area contributed by atoms with E-state index in [0.29, 0.717) is 12.0 Å². The summed E-state index contributed by atoms with van der Waals surface area (Å²) in [6.07, 6.45) is 0.713. The largest absolute Gasteiger partial charge is 0.469 e. The SMILES string of the molecule is COC(=O)C[C@H](C)C1=C(S(=O)(=O)c2ccccc2)C(=O)[C@@H]2C[C@H]1C2(C)C. The Balaban J connectivity index is 2.18. The molecule has 0 spiro atoms. The molecule has 2 bridgehead atoms. The third-order valence-electron chi connectivity index (χ3n) is 6.00. The van der Waals surface area contributed by atoms with E-state index in [1.54, 1.807) is 25.1 Å². The third-order valence-corrected chi connectivity index (χ3v) is 7.87. The summed E-state index contributed by atoms with van der Waals surface area (Å²) >= 11 is 0. The molecule has 5 nitrogen and oxygen atoms in total. The van der Waals surface area contributed by atoms with Gasteiger partial charge in [-0.1, -0.05) is 39.0 Å². The first kappa shape index (κ1) is 18.8. The van der Waals surface area contributed by atoms with Crippen LogP contribution >= 0.6 is 0 Å². The Hall–Kier alpha value is -1.95. The van der Waals surface area contributed by atoms with Crippen molar-refractivity contribution in [1.82, 2.24) is 0 Å². The number of methoxy groups -OCH3 is 1. The maximum Gasteiger partial charge on any atom is 0.306 e. The highest BCUT2D eigenvalue weighted by Gasteiger charge is 2.60. The predicted octanol–water partition coefficient (Wildman–Crippen LogP) is 3.16. The lowest BCUT2D eigenvalue weighted by Gasteiger charge is -2.57. The normalized spacial score (nSPS) is 25.5. The van der Waals surface area contributed by atoms with Crippen LogP contribution in [0.25, 0.3) is 0 Å². The molecule has 140 valence electrons. The molecule has 0 aliphatic heterocycles. The van der Waals surface area contributed by atoms with Gasteiger partial charge in [0.2, 0.25) is 9.84 Å². The lowest BCUT2D eigenvalue weighted by Crippen LogP contribution is -2.56.